The van der Waals surface area contributed by atoms with E-state index in [1.807, 2.05) is 30.9 Å². The van der Waals surface area contributed by atoms with Crippen molar-refractivity contribution < 1.29 is 18.7 Å². The van der Waals surface area contributed by atoms with Gasteiger partial charge in [0.2, 0.25) is 0 Å². The second-order valence-electron chi connectivity index (χ2n) is 7.22. The van der Waals surface area contributed by atoms with E-state index in [0.717, 1.165) is 29.5 Å². The third-order valence-electron chi connectivity index (χ3n) is 5.09. The topological polar surface area (TPSA) is 50.8 Å². The minimum Gasteiger partial charge on any atom is -0.493 e. The highest BCUT2D eigenvalue weighted by molar-refractivity contribution is 5.75. The number of nitrogens with zero attached hydrogens (tertiary/aromatic N) is 1. The van der Waals surface area contributed by atoms with Crippen molar-refractivity contribution in [2.75, 3.05) is 14.2 Å². The van der Waals surface area contributed by atoms with E-state index in [1.54, 1.807) is 26.4 Å². The highest BCUT2D eigenvalue weighted by atomic mass is 19.1. The molecule has 0 aromatic heterocycles. The van der Waals surface area contributed by atoms with Gasteiger partial charge in [0.15, 0.2) is 11.5 Å². The molecule has 150 valence electrons. The first-order valence-corrected chi connectivity index (χ1v) is 9.47. The summed E-state index contributed by atoms with van der Waals surface area (Å²) >= 11 is 0. The number of halogens is 1. The molecule has 2 aromatic rings. The normalized spacial score (nSPS) is 14.3. The van der Waals surface area contributed by atoms with E-state index in [1.165, 1.54) is 12.1 Å². The van der Waals surface area contributed by atoms with Crippen LogP contribution in [-0.4, -0.2) is 31.2 Å². The van der Waals surface area contributed by atoms with Gasteiger partial charge in [-0.25, -0.2) is 9.18 Å². The summed E-state index contributed by atoms with van der Waals surface area (Å²) in [5.74, 6) is 1.02. The second-order valence-corrected chi connectivity index (χ2v) is 7.22. The monoisotopic (exact) mass is 386 g/mol. The summed E-state index contributed by atoms with van der Waals surface area (Å²) in [6, 6.07) is 10.0. The number of hydrogen-bond acceptors (Lipinski definition) is 3. The first-order valence-electron chi connectivity index (χ1n) is 9.47. The van der Waals surface area contributed by atoms with Crippen LogP contribution in [0, 0.1) is 12.7 Å². The molecule has 28 heavy (non-hydrogen) atoms. The van der Waals surface area contributed by atoms with Crippen LogP contribution in [0.15, 0.2) is 36.4 Å². The molecule has 0 saturated heterocycles. The number of hydrogen-bond donors (Lipinski definition) is 1. The molecule has 1 aliphatic rings. The Morgan fingerprint density at radius 2 is 1.79 bits per heavy atom. The molecule has 0 bridgehead atoms. The van der Waals surface area contributed by atoms with Crippen molar-refractivity contribution in [3.05, 3.63) is 58.9 Å². The molecule has 1 saturated carbocycles. The number of amides is 2. The third-order valence-corrected chi connectivity index (χ3v) is 5.09. The van der Waals surface area contributed by atoms with E-state index in [9.17, 15) is 9.18 Å². The molecule has 0 radical (unpaired) electrons. The SMILES string of the molecule is COc1cc(C)c(C(C)NC(=O)N(Cc2ccc(F)cc2)C2CC2)cc1OC. The molecule has 3 rings (SSSR count). The molecule has 0 aliphatic heterocycles. The summed E-state index contributed by atoms with van der Waals surface area (Å²) in [5, 5.41) is 3.10. The van der Waals surface area contributed by atoms with Crippen LogP contribution < -0.4 is 14.8 Å². The van der Waals surface area contributed by atoms with Crippen LogP contribution in [-0.2, 0) is 6.54 Å². The number of carbonyl (C=O) groups excluding carboxylic acids is 1. The van der Waals surface area contributed by atoms with Crippen molar-refractivity contribution in [2.24, 2.45) is 0 Å². The summed E-state index contributed by atoms with van der Waals surface area (Å²) in [7, 11) is 3.20. The van der Waals surface area contributed by atoms with Gasteiger partial charge < -0.3 is 19.7 Å². The van der Waals surface area contributed by atoms with Crippen LogP contribution >= 0.6 is 0 Å². The number of methoxy groups -OCH3 is 2. The van der Waals surface area contributed by atoms with E-state index in [2.05, 4.69) is 5.32 Å². The Morgan fingerprint density at radius 1 is 1.18 bits per heavy atom. The largest absolute Gasteiger partial charge is 0.493 e. The Hall–Kier alpha value is -2.76. The molecule has 0 spiro atoms. The molecule has 1 N–H and O–H groups in total. The average molecular weight is 386 g/mol. The van der Waals surface area contributed by atoms with Crippen molar-refractivity contribution in [1.82, 2.24) is 10.2 Å². The van der Waals surface area contributed by atoms with E-state index in [0.29, 0.717) is 18.0 Å². The molecular formula is C22H27FN2O3. The van der Waals surface area contributed by atoms with Crippen molar-refractivity contribution in [1.29, 1.82) is 0 Å². The van der Waals surface area contributed by atoms with Crippen molar-refractivity contribution in [2.45, 2.75) is 45.3 Å². The second kappa shape index (κ2) is 8.50. The van der Waals surface area contributed by atoms with Crippen molar-refractivity contribution >= 4 is 6.03 Å². The summed E-state index contributed by atoms with van der Waals surface area (Å²) in [6.45, 7) is 4.40. The molecule has 2 amide bonds. The molecule has 1 atom stereocenters. The number of aryl methyl sites for hydroxylation is 1. The van der Waals surface area contributed by atoms with Gasteiger partial charge in [0.1, 0.15) is 5.82 Å². The summed E-state index contributed by atoms with van der Waals surface area (Å²) in [5.41, 5.74) is 2.91. The fourth-order valence-corrected chi connectivity index (χ4v) is 3.35. The lowest BCUT2D eigenvalue weighted by Gasteiger charge is -2.26. The number of carbonyl (C=O) groups is 1. The van der Waals surface area contributed by atoms with Gasteiger partial charge in [0, 0.05) is 12.6 Å². The summed E-state index contributed by atoms with van der Waals surface area (Å²) < 4.78 is 23.9. The number of nitrogens with one attached hydrogen (secondary N) is 1. The molecule has 1 fully saturated rings. The third kappa shape index (κ3) is 4.55. The van der Waals surface area contributed by atoms with Crippen LogP contribution in [0.2, 0.25) is 0 Å². The molecular weight excluding hydrogens is 359 g/mol. The van der Waals surface area contributed by atoms with Crippen molar-refractivity contribution in [3.63, 3.8) is 0 Å². The number of ether oxygens (including phenoxy) is 2. The first kappa shape index (κ1) is 20.0. The number of urea groups is 1. The van der Waals surface area contributed by atoms with E-state index in [-0.39, 0.29) is 23.9 Å². The summed E-state index contributed by atoms with van der Waals surface area (Å²) in [6.07, 6.45) is 2.00. The van der Waals surface area contributed by atoms with Crippen LogP contribution in [0.3, 0.4) is 0 Å². The van der Waals surface area contributed by atoms with Gasteiger partial charge >= 0.3 is 6.03 Å². The average Bonchev–Trinajstić information content (AvgIpc) is 3.52. The summed E-state index contributed by atoms with van der Waals surface area (Å²) in [4.78, 5) is 14.8. The van der Waals surface area contributed by atoms with Crippen LogP contribution in [0.25, 0.3) is 0 Å². The molecule has 0 heterocycles. The maximum atomic E-state index is 13.2. The van der Waals surface area contributed by atoms with Gasteiger partial charge in [-0.3, -0.25) is 0 Å². The fourth-order valence-electron chi connectivity index (χ4n) is 3.35. The first-order chi connectivity index (χ1) is 13.4. The Kier molecular flexibility index (Phi) is 6.07. The number of rotatable bonds is 7. The molecule has 1 unspecified atom stereocenters. The quantitative estimate of drug-likeness (QED) is 0.757. The maximum absolute atomic E-state index is 13.2. The Labute approximate surface area is 165 Å². The van der Waals surface area contributed by atoms with Gasteiger partial charge in [-0.1, -0.05) is 12.1 Å². The Bertz CT molecular complexity index is 834. The zero-order chi connectivity index (χ0) is 20.3. The van der Waals surface area contributed by atoms with Crippen LogP contribution in [0.4, 0.5) is 9.18 Å². The smallest absolute Gasteiger partial charge is 0.318 e. The van der Waals surface area contributed by atoms with Gasteiger partial charge in [-0.05, 0) is 67.6 Å². The van der Waals surface area contributed by atoms with E-state index >= 15 is 0 Å². The number of benzene rings is 2. The predicted molar refractivity (Wildman–Crippen MR) is 106 cm³/mol. The van der Waals surface area contributed by atoms with Crippen LogP contribution in [0.1, 0.15) is 42.5 Å². The van der Waals surface area contributed by atoms with Crippen molar-refractivity contribution in [3.8, 4) is 11.5 Å². The minimum atomic E-state index is -0.274. The Morgan fingerprint density at radius 3 is 2.36 bits per heavy atom. The van der Waals surface area contributed by atoms with Gasteiger partial charge in [-0.15, -0.1) is 0 Å². The highest BCUT2D eigenvalue weighted by Crippen LogP contribution is 2.33. The standard InChI is InChI=1S/C22H27FN2O3/c1-14-11-20(27-3)21(28-4)12-19(14)15(2)24-22(26)25(18-9-10-18)13-16-5-7-17(23)8-6-16/h5-8,11-12,15,18H,9-10,13H2,1-4H3,(H,24,26). The van der Waals surface area contributed by atoms with E-state index in [4.69, 9.17) is 9.47 Å². The van der Waals surface area contributed by atoms with Gasteiger partial charge in [0.25, 0.3) is 0 Å². The van der Waals surface area contributed by atoms with Gasteiger partial charge in [0.05, 0.1) is 20.3 Å². The lowest BCUT2D eigenvalue weighted by Crippen LogP contribution is -2.42. The zero-order valence-electron chi connectivity index (χ0n) is 16.8. The Balaban J connectivity index is 1.73. The molecule has 6 heteroatoms. The molecule has 5 nitrogen and oxygen atoms in total. The van der Waals surface area contributed by atoms with Crippen LogP contribution in [0.5, 0.6) is 11.5 Å². The lowest BCUT2D eigenvalue weighted by atomic mass is 10.0. The highest BCUT2D eigenvalue weighted by Gasteiger charge is 2.33. The molecule has 1 aliphatic carbocycles. The van der Waals surface area contributed by atoms with Gasteiger partial charge in [-0.2, -0.15) is 0 Å². The van der Waals surface area contributed by atoms with E-state index < -0.39 is 0 Å². The minimum absolute atomic E-state index is 0.117. The fraction of sp³-hybridized carbons (Fsp3) is 0.409. The zero-order valence-corrected chi connectivity index (χ0v) is 16.8. The lowest BCUT2D eigenvalue weighted by molar-refractivity contribution is 0.188. The maximum Gasteiger partial charge on any atom is 0.318 e. The predicted octanol–water partition coefficient (Wildman–Crippen LogP) is 4.59. The molecule has 2 aromatic carbocycles.